The van der Waals surface area contributed by atoms with Gasteiger partial charge >= 0.3 is 5.91 Å². The number of para-hydroxylation sites is 1. The van der Waals surface area contributed by atoms with Gasteiger partial charge < -0.3 is 4.42 Å². The van der Waals surface area contributed by atoms with Crippen LogP contribution in [0, 0.1) is 5.82 Å². The van der Waals surface area contributed by atoms with E-state index in [9.17, 15) is 14.0 Å². The maximum atomic E-state index is 13.0. The third-order valence-corrected chi connectivity index (χ3v) is 5.29. The van der Waals surface area contributed by atoms with Gasteiger partial charge in [-0.1, -0.05) is 42.1 Å². The number of benzene rings is 2. The SMILES string of the molecule is O=C(Cc1ccc(F)cc1)NNC(=O)c1oc2ccccc2c1CSc1ncccn1. The summed E-state index contributed by atoms with van der Waals surface area (Å²) in [6.45, 7) is 0. The minimum atomic E-state index is -0.576. The maximum absolute atomic E-state index is 13.0. The fourth-order valence-corrected chi connectivity index (χ4v) is 3.77. The fourth-order valence-electron chi connectivity index (χ4n) is 2.94. The molecule has 0 unspecified atom stereocenters. The minimum absolute atomic E-state index is 0.00521. The molecule has 0 aliphatic rings. The lowest BCUT2D eigenvalue weighted by atomic mass is 10.1. The smallest absolute Gasteiger partial charge is 0.305 e. The predicted molar refractivity (Wildman–Crippen MR) is 114 cm³/mol. The zero-order chi connectivity index (χ0) is 21.6. The number of thioether (sulfide) groups is 1. The van der Waals surface area contributed by atoms with Crippen LogP contribution in [-0.4, -0.2) is 21.8 Å². The Bertz CT molecular complexity index is 1210. The van der Waals surface area contributed by atoms with E-state index in [1.807, 2.05) is 18.2 Å². The number of carbonyl (C=O) groups is 2. The average Bonchev–Trinajstić information content (AvgIpc) is 3.17. The second-order valence-electron chi connectivity index (χ2n) is 6.53. The molecular formula is C22H17FN4O3S. The van der Waals surface area contributed by atoms with Crippen LogP contribution in [0.3, 0.4) is 0 Å². The van der Waals surface area contributed by atoms with Gasteiger partial charge in [0.25, 0.3) is 0 Å². The molecule has 0 bridgehead atoms. The Balaban J connectivity index is 1.46. The summed E-state index contributed by atoms with van der Waals surface area (Å²) < 4.78 is 18.7. The van der Waals surface area contributed by atoms with Crippen LogP contribution in [0.25, 0.3) is 11.0 Å². The second kappa shape index (κ2) is 9.40. The van der Waals surface area contributed by atoms with E-state index in [0.29, 0.717) is 27.6 Å². The summed E-state index contributed by atoms with van der Waals surface area (Å²) in [5.74, 6) is -0.883. The highest BCUT2D eigenvalue weighted by Gasteiger charge is 2.21. The molecule has 2 aromatic heterocycles. The summed E-state index contributed by atoms with van der Waals surface area (Å²) in [6.07, 6.45) is 3.29. The lowest BCUT2D eigenvalue weighted by Gasteiger charge is -2.07. The van der Waals surface area contributed by atoms with Crippen LogP contribution >= 0.6 is 11.8 Å². The van der Waals surface area contributed by atoms with Gasteiger partial charge in [-0.05, 0) is 29.8 Å². The number of rotatable bonds is 6. The molecular weight excluding hydrogens is 419 g/mol. The van der Waals surface area contributed by atoms with Gasteiger partial charge in [0.05, 0.1) is 6.42 Å². The Morgan fingerprint density at radius 2 is 1.71 bits per heavy atom. The van der Waals surface area contributed by atoms with Crippen molar-refractivity contribution in [2.24, 2.45) is 0 Å². The van der Waals surface area contributed by atoms with Crippen molar-refractivity contribution in [2.75, 3.05) is 0 Å². The van der Waals surface area contributed by atoms with E-state index in [1.54, 1.807) is 24.5 Å². The molecule has 9 heteroatoms. The van der Waals surface area contributed by atoms with E-state index in [0.717, 1.165) is 5.39 Å². The number of furan rings is 1. The number of hydrogen-bond donors (Lipinski definition) is 2. The van der Waals surface area contributed by atoms with Gasteiger partial charge in [-0.3, -0.25) is 20.4 Å². The van der Waals surface area contributed by atoms with E-state index in [-0.39, 0.29) is 18.0 Å². The van der Waals surface area contributed by atoms with E-state index in [2.05, 4.69) is 20.8 Å². The van der Waals surface area contributed by atoms with Crippen LogP contribution in [0.1, 0.15) is 21.7 Å². The van der Waals surface area contributed by atoms with Gasteiger partial charge in [-0.15, -0.1) is 0 Å². The highest BCUT2D eigenvalue weighted by atomic mass is 32.2. The third-order valence-electron chi connectivity index (χ3n) is 4.39. The molecule has 2 N–H and O–H groups in total. The molecule has 0 saturated carbocycles. The minimum Gasteiger partial charge on any atom is -0.451 e. The number of carbonyl (C=O) groups excluding carboxylic acids is 2. The van der Waals surface area contributed by atoms with Crippen LogP contribution in [0.15, 0.2) is 76.6 Å². The summed E-state index contributed by atoms with van der Waals surface area (Å²) in [7, 11) is 0. The summed E-state index contributed by atoms with van der Waals surface area (Å²) in [4.78, 5) is 33.2. The quantitative estimate of drug-likeness (QED) is 0.272. The molecule has 0 radical (unpaired) electrons. The first-order valence-electron chi connectivity index (χ1n) is 9.34. The molecule has 0 fully saturated rings. The first-order chi connectivity index (χ1) is 15.1. The molecule has 4 rings (SSSR count). The van der Waals surface area contributed by atoms with Crippen molar-refractivity contribution in [2.45, 2.75) is 17.3 Å². The fraction of sp³-hybridized carbons (Fsp3) is 0.0909. The molecule has 0 saturated heterocycles. The third kappa shape index (κ3) is 5.07. The van der Waals surface area contributed by atoms with Gasteiger partial charge in [0.2, 0.25) is 5.91 Å². The number of amides is 2. The number of hydrazine groups is 1. The molecule has 0 spiro atoms. The number of hydrogen-bond acceptors (Lipinski definition) is 6. The zero-order valence-electron chi connectivity index (χ0n) is 16.2. The average molecular weight is 436 g/mol. The van der Waals surface area contributed by atoms with E-state index in [1.165, 1.54) is 36.0 Å². The Kier molecular flexibility index (Phi) is 6.23. The van der Waals surface area contributed by atoms with Gasteiger partial charge in [-0.25, -0.2) is 14.4 Å². The molecule has 156 valence electrons. The highest BCUT2D eigenvalue weighted by Crippen LogP contribution is 2.30. The maximum Gasteiger partial charge on any atom is 0.305 e. The Hall–Kier alpha value is -3.72. The van der Waals surface area contributed by atoms with Crippen molar-refractivity contribution in [3.63, 3.8) is 0 Å². The van der Waals surface area contributed by atoms with Gasteiger partial charge in [0.1, 0.15) is 11.4 Å². The van der Waals surface area contributed by atoms with Crippen molar-refractivity contribution in [3.8, 4) is 0 Å². The lowest BCUT2D eigenvalue weighted by molar-refractivity contribution is -0.121. The van der Waals surface area contributed by atoms with Crippen LogP contribution in [0.2, 0.25) is 0 Å². The topological polar surface area (TPSA) is 97.1 Å². The molecule has 0 atom stereocenters. The van der Waals surface area contributed by atoms with Gasteiger partial charge in [0, 0.05) is 29.1 Å². The van der Waals surface area contributed by atoms with Crippen molar-refractivity contribution < 1.29 is 18.4 Å². The molecule has 31 heavy (non-hydrogen) atoms. The Morgan fingerprint density at radius 1 is 0.968 bits per heavy atom. The van der Waals surface area contributed by atoms with Crippen molar-refractivity contribution in [1.82, 2.24) is 20.8 Å². The van der Waals surface area contributed by atoms with Crippen molar-refractivity contribution in [3.05, 3.63) is 89.7 Å². The highest BCUT2D eigenvalue weighted by molar-refractivity contribution is 7.98. The van der Waals surface area contributed by atoms with Crippen LogP contribution < -0.4 is 10.9 Å². The van der Waals surface area contributed by atoms with Crippen molar-refractivity contribution >= 4 is 34.5 Å². The zero-order valence-corrected chi connectivity index (χ0v) is 17.0. The number of nitrogens with zero attached hydrogens (tertiary/aromatic N) is 2. The van der Waals surface area contributed by atoms with Crippen molar-refractivity contribution in [1.29, 1.82) is 0 Å². The molecule has 7 nitrogen and oxygen atoms in total. The first-order valence-corrected chi connectivity index (χ1v) is 10.3. The normalized spacial score (nSPS) is 10.7. The van der Waals surface area contributed by atoms with Gasteiger partial charge in [-0.2, -0.15) is 0 Å². The lowest BCUT2D eigenvalue weighted by Crippen LogP contribution is -2.42. The standard InChI is InChI=1S/C22H17FN4O3S/c23-15-8-6-14(7-9-15)12-19(28)26-27-21(29)20-17(13-31-22-24-10-3-11-25-22)16-4-1-2-5-18(16)30-20/h1-11H,12-13H2,(H,26,28)(H,27,29). The van der Waals surface area contributed by atoms with Crippen LogP contribution in [0.5, 0.6) is 0 Å². The number of halogens is 1. The summed E-state index contributed by atoms with van der Waals surface area (Å²) in [6, 6.07) is 14.6. The molecule has 4 aromatic rings. The second-order valence-corrected chi connectivity index (χ2v) is 7.47. The molecule has 0 aliphatic carbocycles. The Morgan fingerprint density at radius 3 is 2.48 bits per heavy atom. The van der Waals surface area contributed by atoms with Crippen LogP contribution in [-0.2, 0) is 17.0 Å². The monoisotopic (exact) mass is 436 g/mol. The van der Waals surface area contributed by atoms with E-state index in [4.69, 9.17) is 4.42 Å². The summed E-state index contributed by atoms with van der Waals surface area (Å²) >= 11 is 1.37. The van der Waals surface area contributed by atoms with E-state index >= 15 is 0 Å². The summed E-state index contributed by atoms with van der Waals surface area (Å²) in [5, 5.41) is 1.38. The predicted octanol–water partition coefficient (Wildman–Crippen LogP) is 3.66. The van der Waals surface area contributed by atoms with Gasteiger partial charge in [0.15, 0.2) is 10.9 Å². The molecule has 2 heterocycles. The number of nitrogens with one attached hydrogen (secondary N) is 2. The molecule has 2 amide bonds. The molecule has 2 aromatic carbocycles. The summed E-state index contributed by atoms with van der Waals surface area (Å²) in [5.41, 5.74) is 6.61. The first kappa shape index (κ1) is 20.5. The van der Waals surface area contributed by atoms with Crippen LogP contribution in [0.4, 0.5) is 4.39 Å². The Labute approximate surface area is 181 Å². The largest absolute Gasteiger partial charge is 0.451 e. The van der Waals surface area contributed by atoms with E-state index < -0.39 is 11.8 Å². The number of aromatic nitrogens is 2. The number of fused-ring (bicyclic) bond motifs is 1. The molecule has 0 aliphatic heterocycles.